The summed E-state index contributed by atoms with van der Waals surface area (Å²) in [6.45, 7) is 1.55. The fraction of sp³-hybridized carbons (Fsp3) is 0.105. The molecule has 7 nitrogen and oxygen atoms in total. The molecule has 1 aromatic heterocycles. The van der Waals surface area contributed by atoms with E-state index in [4.69, 9.17) is 0 Å². The zero-order valence-corrected chi connectivity index (χ0v) is 14.6. The standard InChI is InChI=1S/C19H15F2N5O2/c1-9-16(18(27)24-14-2-3-15-11(6-14)8-22-26-15)17(25-19(28)23-9)10-4-12(20)7-13(21)5-10/h2-8,17H,1H3,(H,22,26)(H,24,27)(H2,23,25,28). The second kappa shape index (κ2) is 6.76. The molecular weight excluding hydrogens is 368 g/mol. The van der Waals surface area contributed by atoms with Crippen LogP contribution in [0.4, 0.5) is 19.3 Å². The Hall–Kier alpha value is -3.75. The number of amides is 3. The molecule has 28 heavy (non-hydrogen) atoms. The average Bonchev–Trinajstić information content (AvgIpc) is 3.07. The molecule has 2 aromatic carbocycles. The van der Waals surface area contributed by atoms with E-state index < -0.39 is 29.6 Å². The van der Waals surface area contributed by atoms with Crippen molar-refractivity contribution in [3.63, 3.8) is 0 Å². The highest BCUT2D eigenvalue weighted by atomic mass is 19.1. The van der Waals surface area contributed by atoms with E-state index in [2.05, 4.69) is 26.1 Å². The second-order valence-corrected chi connectivity index (χ2v) is 6.40. The third-order valence-electron chi connectivity index (χ3n) is 4.43. The summed E-state index contributed by atoms with van der Waals surface area (Å²) in [5, 5.41) is 15.4. The summed E-state index contributed by atoms with van der Waals surface area (Å²) in [5.74, 6) is -2.11. The van der Waals surface area contributed by atoms with Crippen molar-refractivity contribution in [3.05, 3.63) is 71.1 Å². The monoisotopic (exact) mass is 383 g/mol. The fourth-order valence-electron chi connectivity index (χ4n) is 3.21. The number of urea groups is 1. The molecule has 0 spiro atoms. The van der Waals surface area contributed by atoms with Gasteiger partial charge in [-0.2, -0.15) is 5.10 Å². The molecule has 0 saturated heterocycles. The van der Waals surface area contributed by atoms with E-state index in [0.29, 0.717) is 11.4 Å². The van der Waals surface area contributed by atoms with Crippen LogP contribution >= 0.6 is 0 Å². The van der Waals surface area contributed by atoms with Crippen LogP contribution in [-0.4, -0.2) is 22.1 Å². The van der Waals surface area contributed by atoms with Gasteiger partial charge in [-0.3, -0.25) is 9.89 Å². The highest BCUT2D eigenvalue weighted by Gasteiger charge is 2.31. The van der Waals surface area contributed by atoms with Crippen molar-refractivity contribution in [2.75, 3.05) is 5.32 Å². The van der Waals surface area contributed by atoms with Gasteiger partial charge in [-0.15, -0.1) is 0 Å². The van der Waals surface area contributed by atoms with Crippen molar-refractivity contribution in [2.24, 2.45) is 0 Å². The maximum Gasteiger partial charge on any atom is 0.319 e. The number of hydrogen-bond acceptors (Lipinski definition) is 3. The van der Waals surface area contributed by atoms with Crippen molar-refractivity contribution in [3.8, 4) is 0 Å². The number of nitrogens with zero attached hydrogens (tertiary/aromatic N) is 1. The van der Waals surface area contributed by atoms with Crippen LogP contribution in [0.1, 0.15) is 18.5 Å². The minimum atomic E-state index is -1.00. The van der Waals surface area contributed by atoms with Gasteiger partial charge in [0.2, 0.25) is 0 Å². The number of rotatable bonds is 3. The molecule has 1 aliphatic rings. The van der Waals surface area contributed by atoms with Crippen LogP contribution in [0.15, 0.2) is 53.9 Å². The average molecular weight is 383 g/mol. The van der Waals surface area contributed by atoms with Gasteiger partial charge in [0.1, 0.15) is 11.6 Å². The van der Waals surface area contributed by atoms with Crippen molar-refractivity contribution >= 4 is 28.5 Å². The third kappa shape index (κ3) is 3.29. The van der Waals surface area contributed by atoms with Crippen LogP contribution in [0, 0.1) is 11.6 Å². The Morgan fingerprint density at radius 1 is 1.14 bits per heavy atom. The van der Waals surface area contributed by atoms with Crippen LogP contribution in [-0.2, 0) is 4.79 Å². The number of benzene rings is 2. The van der Waals surface area contributed by atoms with Crippen LogP contribution in [0.5, 0.6) is 0 Å². The smallest absolute Gasteiger partial charge is 0.319 e. The molecule has 3 amide bonds. The molecule has 1 atom stereocenters. The summed E-state index contributed by atoms with van der Waals surface area (Å²) in [5.41, 5.74) is 1.90. The predicted octanol–water partition coefficient (Wildman–Crippen LogP) is 3.11. The van der Waals surface area contributed by atoms with Gasteiger partial charge >= 0.3 is 6.03 Å². The molecule has 1 unspecified atom stereocenters. The molecule has 4 N–H and O–H groups in total. The first kappa shape index (κ1) is 17.7. The van der Waals surface area contributed by atoms with E-state index in [9.17, 15) is 18.4 Å². The molecule has 3 aromatic rings. The minimum absolute atomic E-state index is 0.127. The lowest BCUT2D eigenvalue weighted by atomic mass is 9.94. The Bertz CT molecular complexity index is 1120. The van der Waals surface area contributed by atoms with E-state index >= 15 is 0 Å². The minimum Gasteiger partial charge on any atom is -0.327 e. The number of fused-ring (bicyclic) bond motifs is 1. The molecule has 0 saturated carbocycles. The first-order valence-corrected chi connectivity index (χ1v) is 8.39. The Labute approximate surface area is 157 Å². The Balaban J connectivity index is 1.69. The summed E-state index contributed by atoms with van der Waals surface area (Å²) in [7, 11) is 0. The van der Waals surface area contributed by atoms with Crippen LogP contribution in [0.2, 0.25) is 0 Å². The van der Waals surface area contributed by atoms with Crippen LogP contribution < -0.4 is 16.0 Å². The van der Waals surface area contributed by atoms with Crippen LogP contribution in [0.3, 0.4) is 0 Å². The summed E-state index contributed by atoms with van der Waals surface area (Å²) in [6, 6.07) is 6.51. The summed E-state index contributed by atoms with van der Waals surface area (Å²) >= 11 is 0. The molecule has 1 aliphatic heterocycles. The number of hydrogen-bond donors (Lipinski definition) is 4. The Kier molecular flexibility index (Phi) is 4.26. The van der Waals surface area contributed by atoms with Crippen molar-refractivity contribution < 1.29 is 18.4 Å². The maximum absolute atomic E-state index is 13.7. The lowest BCUT2D eigenvalue weighted by Gasteiger charge is -2.28. The molecular formula is C19H15F2N5O2. The fourth-order valence-corrected chi connectivity index (χ4v) is 3.21. The maximum atomic E-state index is 13.7. The van der Waals surface area contributed by atoms with E-state index in [0.717, 1.165) is 29.1 Å². The molecule has 4 rings (SSSR count). The van der Waals surface area contributed by atoms with Crippen molar-refractivity contribution in [1.29, 1.82) is 0 Å². The molecule has 0 fully saturated rings. The van der Waals surface area contributed by atoms with E-state index in [1.165, 1.54) is 0 Å². The van der Waals surface area contributed by atoms with Gasteiger partial charge in [0.05, 0.1) is 23.3 Å². The number of aromatic amines is 1. The normalized spacial score (nSPS) is 16.7. The summed E-state index contributed by atoms with van der Waals surface area (Å²) in [6.07, 6.45) is 1.62. The van der Waals surface area contributed by atoms with E-state index in [1.54, 1.807) is 31.3 Å². The van der Waals surface area contributed by atoms with Crippen molar-refractivity contribution in [1.82, 2.24) is 20.8 Å². The number of aromatic nitrogens is 2. The van der Waals surface area contributed by atoms with Gasteiger partial charge in [0, 0.05) is 22.8 Å². The molecule has 2 heterocycles. The van der Waals surface area contributed by atoms with E-state index in [-0.39, 0.29) is 11.1 Å². The number of allylic oxidation sites excluding steroid dienone is 1. The van der Waals surface area contributed by atoms with Gasteiger partial charge in [0.15, 0.2) is 0 Å². The number of carbonyl (C=O) groups excluding carboxylic acids is 2. The van der Waals surface area contributed by atoms with Crippen LogP contribution in [0.25, 0.3) is 10.9 Å². The Morgan fingerprint density at radius 2 is 1.89 bits per heavy atom. The number of carbonyl (C=O) groups is 2. The highest BCUT2D eigenvalue weighted by Crippen LogP contribution is 2.29. The van der Waals surface area contributed by atoms with Gasteiger partial charge in [-0.05, 0) is 42.8 Å². The lowest BCUT2D eigenvalue weighted by molar-refractivity contribution is -0.113. The third-order valence-corrected chi connectivity index (χ3v) is 4.43. The zero-order chi connectivity index (χ0) is 19.8. The van der Waals surface area contributed by atoms with Gasteiger partial charge < -0.3 is 16.0 Å². The Morgan fingerprint density at radius 3 is 2.64 bits per heavy atom. The number of nitrogens with one attached hydrogen (secondary N) is 4. The van der Waals surface area contributed by atoms with E-state index in [1.807, 2.05) is 0 Å². The first-order valence-electron chi connectivity index (χ1n) is 8.39. The zero-order valence-electron chi connectivity index (χ0n) is 14.6. The van der Waals surface area contributed by atoms with Gasteiger partial charge in [-0.1, -0.05) is 0 Å². The molecule has 0 bridgehead atoms. The number of H-pyrrole nitrogens is 1. The topological polar surface area (TPSA) is 98.9 Å². The predicted molar refractivity (Wildman–Crippen MR) is 98.2 cm³/mol. The molecule has 9 heteroatoms. The number of anilines is 1. The van der Waals surface area contributed by atoms with Gasteiger partial charge in [0.25, 0.3) is 5.91 Å². The highest BCUT2D eigenvalue weighted by molar-refractivity contribution is 6.07. The molecule has 142 valence electrons. The summed E-state index contributed by atoms with van der Waals surface area (Å²) in [4.78, 5) is 24.8. The first-order chi connectivity index (χ1) is 13.4. The second-order valence-electron chi connectivity index (χ2n) is 6.40. The lowest BCUT2D eigenvalue weighted by Crippen LogP contribution is -2.46. The molecule has 0 aliphatic carbocycles. The SMILES string of the molecule is CC1=C(C(=O)Nc2ccc3[nH]ncc3c2)C(c2cc(F)cc(F)c2)NC(=O)N1. The quantitative estimate of drug-likeness (QED) is 0.559. The molecule has 0 radical (unpaired) electrons. The largest absolute Gasteiger partial charge is 0.327 e. The number of halogens is 2. The summed E-state index contributed by atoms with van der Waals surface area (Å²) < 4.78 is 27.4. The van der Waals surface area contributed by atoms with Gasteiger partial charge in [-0.25, -0.2) is 13.6 Å². The van der Waals surface area contributed by atoms with Crippen molar-refractivity contribution in [2.45, 2.75) is 13.0 Å².